The molecule has 10 heavy (non-hydrogen) atoms. The van der Waals surface area contributed by atoms with Crippen molar-refractivity contribution < 1.29 is 17.9 Å². The first kappa shape index (κ1) is 7.85. The predicted molar refractivity (Wildman–Crippen MR) is 29.3 cm³/mol. The molecule has 0 aromatic carbocycles. The first-order valence-corrected chi connectivity index (χ1v) is 3.28. The monoisotopic (exact) mass is 154 g/mol. The SMILES string of the molecule is FC(F)(F)OCC1CCC1. The third kappa shape index (κ3) is 2.56. The van der Waals surface area contributed by atoms with Gasteiger partial charge in [-0.25, -0.2) is 0 Å². The fourth-order valence-corrected chi connectivity index (χ4v) is 0.872. The molecule has 0 unspecified atom stereocenters. The molecule has 0 radical (unpaired) electrons. The maximum absolute atomic E-state index is 11.4. The van der Waals surface area contributed by atoms with Crippen LogP contribution in [0.2, 0.25) is 0 Å². The Hall–Kier alpha value is -0.250. The summed E-state index contributed by atoms with van der Waals surface area (Å²) in [6.45, 7) is -0.149. The summed E-state index contributed by atoms with van der Waals surface area (Å²) in [5, 5.41) is 0. The summed E-state index contributed by atoms with van der Waals surface area (Å²) in [7, 11) is 0. The Balaban J connectivity index is 2.04. The van der Waals surface area contributed by atoms with Gasteiger partial charge >= 0.3 is 6.36 Å². The number of alkyl halides is 3. The maximum Gasteiger partial charge on any atom is 0.522 e. The molecule has 0 spiro atoms. The van der Waals surface area contributed by atoms with Crippen molar-refractivity contribution in [2.75, 3.05) is 6.61 Å². The highest BCUT2D eigenvalue weighted by Gasteiger charge is 2.31. The molecule has 1 rings (SSSR count). The van der Waals surface area contributed by atoms with E-state index in [2.05, 4.69) is 4.74 Å². The molecule has 1 aliphatic carbocycles. The lowest BCUT2D eigenvalue weighted by molar-refractivity contribution is -0.330. The lowest BCUT2D eigenvalue weighted by Crippen LogP contribution is -2.23. The fourth-order valence-electron chi connectivity index (χ4n) is 0.872. The summed E-state index contributed by atoms with van der Waals surface area (Å²) in [5.41, 5.74) is 0. The zero-order valence-electron chi connectivity index (χ0n) is 5.45. The molecule has 1 nitrogen and oxygen atoms in total. The molecule has 1 fully saturated rings. The van der Waals surface area contributed by atoms with E-state index in [0.29, 0.717) is 0 Å². The first-order valence-electron chi connectivity index (χ1n) is 3.28. The molecule has 4 heteroatoms. The summed E-state index contributed by atoms with van der Waals surface area (Å²) in [4.78, 5) is 0. The Bertz CT molecular complexity index is 106. The summed E-state index contributed by atoms with van der Waals surface area (Å²) in [5.74, 6) is 0.154. The molecule has 0 bridgehead atoms. The van der Waals surface area contributed by atoms with Crippen molar-refractivity contribution in [3.63, 3.8) is 0 Å². The minimum Gasteiger partial charge on any atom is -0.292 e. The molecule has 1 aliphatic rings. The van der Waals surface area contributed by atoms with Crippen LogP contribution < -0.4 is 0 Å². The zero-order chi connectivity index (χ0) is 7.61. The molecular formula is C6H9F3O. The van der Waals surface area contributed by atoms with Gasteiger partial charge in [0.25, 0.3) is 0 Å². The van der Waals surface area contributed by atoms with Gasteiger partial charge in [0.15, 0.2) is 0 Å². The van der Waals surface area contributed by atoms with E-state index in [4.69, 9.17) is 0 Å². The Morgan fingerprint density at radius 3 is 2.20 bits per heavy atom. The van der Waals surface area contributed by atoms with Crippen molar-refractivity contribution in [2.45, 2.75) is 25.6 Å². The van der Waals surface area contributed by atoms with Crippen LogP contribution in [0.3, 0.4) is 0 Å². The number of hydrogen-bond acceptors (Lipinski definition) is 1. The highest BCUT2D eigenvalue weighted by molar-refractivity contribution is 4.68. The molecule has 0 amide bonds. The third-order valence-corrected chi connectivity index (χ3v) is 1.71. The van der Waals surface area contributed by atoms with E-state index >= 15 is 0 Å². The summed E-state index contributed by atoms with van der Waals surface area (Å²) in [6.07, 6.45) is -1.62. The van der Waals surface area contributed by atoms with Crippen LogP contribution in [0.25, 0.3) is 0 Å². The minimum absolute atomic E-state index is 0.149. The lowest BCUT2D eigenvalue weighted by Gasteiger charge is -2.25. The highest BCUT2D eigenvalue weighted by atomic mass is 19.4. The van der Waals surface area contributed by atoms with Crippen molar-refractivity contribution >= 4 is 0 Å². The fraction of sp³-hybridized carbons (Fsp3) is 1.00. The first-order chi connectivity index (χ1) is 4.58. The Labute approximate surface area is 57.2 Å². The molecule has 0 atom stereocenters. The van der Waals surface area contributed by atoms with Gasteiger partial charge in [0, 0.05) is 0 Å². The van der Waals surface area contributed by atoms with Gasteiger partial charge in [0.1, 0.15) is 0 Å². The third-order valence-electron chi connectivity index (χ3n) is 1.71. The van der Waals surface area contributed by atoms with E-state index in [1.807, 2.05) is 0 Å². The van der Waals surface area contributed by atoms with Crippen molar-refractivity contribution in [3.8, 4) is 0 Å². The minimum atomic E-state index is -4.43. The van der Waals surface area contributed by atoms with Crippen LogP contribution in [0.5, 0.6) is 0 Å². The van der Waals surface area contributed by atoms with Gasteiger partial charge in [-0.05, 0) is 18.8 Å². The van der Waals surface area contributed by atoms with Gasteiger partial charge in [-0.3, -0.25) is 4.74 Å². The Morgan fingerprint density at radius 1 is 1.30 bits per heavy atom. The number of rotatable bonds is 2. The number of hydrogen-bond donors (Lipinski definition) is 0. The Kier molecular flexibility index (Phi) is 2.18. The summed E-state index contributed by atoms with van der Waals surface area (Å²) in [6, 6.07) is 0. The second-order valence-corrected chi connectivity index (χ2v) is 2.55. The molecular weight excluding hydrogens is 145 g/mol. The average molecular weight is 154 g/mol. The van der Waals surface area contributed by atoms with Crippen LogP contribution in [0, 0.1) is 5.92 Å². The van der Waals surface area contributed by atoms with E-state index in [1.165, 1.54) is 0 Å². The molecule has 1 saturated carbocycles. The molecule has 0 aromatic heterocycles. The highest BCUT2D eigenvalue weighted by Crippen LogP contribution is 2.28. The van der Waals surface area contributed by atoms with Gasteiger partial charge in [-0.2, -0.15) is 0 Å². The molecule has 60 valence electrons. The smallest absolute Gasteiger partial charge is 0.292 e. The molecule has 0 saturated heterocycles. The summed E-state index contributed by atoms with van der Waals surface area (Å²) < 4.78 is 37.7. The van der Waals surface area contributed by atoms with E-state index in [9.17, 15) is 13.2 Å². The zero-order valence-corrected chi connectivity index (χ0v) is 5.45. The normalized spacial score (nSPS) is 20.7. The van der Waals surface area contributed by atoms with E-state index < -0.39 is 6.36 Å². The summed E-state index contributed by atoms with van der Waals surface area (Å²) >= 11 is 0. The van der Waals surface area contributed by atoms with Crippen molar-refractivity contribution in [2.24, 2.45) is 5.92 Å². The topological polar surface area (TPSA) is 9.23 Å². The van der Waals surface area contributed by atoms with Crippen LogP contribution >= 0.6 is 0 Å². The molecule has 0 N–H and O–H groups in total. The predicted octanol–water partition coefficient (Wildman–Crippen LogP) is 2.32. The molecule has 0 aromatic rings. The average Bonchev–Trinajstić information content (AvgIpc) is 1.56. The van der Waals surface area contributed by atoms with E-state index in [0.717, 1.165) is 19.3 Å². The number of halogens is 3. The van der Waals surface area contributed by atoms with Crippen LogP contribution in [0.1, 0.15) is 19.3 Å². The second-order valence-electron chi connectivity index (χ2n) is 2.55. The van der Waals surface area contributed by atoms with Crippen molar-refractivity contribution in [1.29, 1.82) is 0 Å². The van der Waals surface area contributed by atoms with Gasteiger partial charge in [0.2, 0.25) is 0 Å². The quantitative estimate of drug-likeness (QED) is 0.593. The molecule has 0 aliphatic heterocycles. The largest absolute Gasteiger partial charge is 0.522 e. The van der Waals surface area contributed by atoms with Crippen LogP contribution in [0.4, 0.5) is 13.2 Å². The van der Waals surface area contributed by atoms with E-state index in [-0.39, 0.29) is 12.5 Å². The van der Waals surface area contributed by atoms with Gasteiger partial charge in [0.05, 0.1) is 6.61 Å². The Morgan fingerprint density at radius 2 is 1.90 bits per heavy atom. The van der Waals surface area contributed by atoms with Crippen molar-refractivity contribution in [1.82, 2.24) is 0 Å². The van der Waals surface area contributed by atoms with Gasteiger partial charge < -0.3 is 0 Å². The van der Waals surface area contributed by atoms with Gasteiger partial charge in [-0.15, -0.1) is 13.2 Å². The van der Waals surface area contributed by atoms with Gasteiger partial charge in [-0.1, -0.05) is 6.42 Å². The molecule has 0 heterocycles. The number of ether oxygens (including phenoxy) is 1. The van der Waals surface area contributed by atoms with Crippen LogP contribution in [0.15, 0.2) is 0 Å². The lowest BCUT2D eigenvalue weighted by atomic mass is 9.86. The van der Waals surface area contributed by atoms with Crippen LogP contribution in [-0.2, 0) is 4.74 Å². The van der Waals surface area contributed by atoms with Crippen molar-refractivity contribution in [3.05, 3.63) is 0 Å². The second kappa shape index (κ2) is 2.78. The maximum atomic E-state index is 11.4. The van der Waals surface area contributed by atoms with Crippen LogP contribution in [-0.4, -0.2) is 13.0 Å². The standard InChI is InChI=1S/C6H9F3O/c7-6(8,9)10-4-5-2-1-3-5/h5H,1-4H2. The van der Waals surface area contributed by atoms with E-state index in [1.54, 1.807) is 0 Å².